The van der Waals surface area contributed by atoms with Crippen LogP contribution < -0.4 is 20.8 Å². The molecule has 8 heteroatoms. The first-order chi connectivity index (χ1) is 16.2. The highest BCUT2D eigenvalue weighted by molar-refractivity contribution is 6.31. The van der Waals surface area contributed by atoms with Gasteiger partial charge in [0.15, 0.2) is 11.3 Å². The maximum atomic E-state index is 12.6. The highest BCUT2D eigenvalue weighted by atomic mass is 35.5. The van der Waals surface area contributed by atoms with Gasteiger partial charge in [0.05, 0.1) is 19.2 Å². The number of H-pyrrole nitrogens is 1. The van der Waals surface area contributed by atoms with Gasteiger partial charge >= 0.3 is 0 Å². The lowest BCUT2D eigenvalue weighted by Gasteiger charge is -2.27. The second-order valence-electron chi connectivity index (χ2n) is 8.92. The molecule has 1 aromatic heterocycles. The second kappa shape index (κ2) is 13.4. The largest absolute Gasteiger partial charge is 0.482 e. The van der Waals surface area contributed by atoms with Crippen LogP contribution in [0.25, 0.3) is 0 Å². The van der Waals surface area contributed by atoms with E-state index in [1.54, 1.807) is 19.1 Å². The van der Waals surface area contributed by atoms with E-state index in [9.17, 15) is 9.59 Å². The van der Waals surface area contributed by atoms with Crippen LogP contribution in [0.1, 0.15) is 66.2 Å². The van der Waals surface area contributed by atoms with Gasteiger partial charge in [-0.05, 0) is 65.4 Å². The molecule has 0 radical (unpaired) electrons. The van der Waals surface area contributed by atoms with E-state index in [0.717, 1.165) is 23.8 Å². The van der Waals surface area contributed by atoms with Crippen LogP contribution in [0.4, 0.5) is 5.69 Å². The standard InChI is InChI=1S/C18H22ClN3O3.C8H17N/c1-5-20-15-8-12(19)7-13(11(15)3)17(24)21-9-14-16(23)6-10(2)22-18(14)25-4;1-9(2)8-6-4-3-5-7-8/h6-8,20H,5,9H2,1-4H3,(H,21,24)(H,22,23);8H,3-7H2,1-2H3. The minimum atomic E-state index is -0.304. The van der Waals surface area contributed by atoms with E-state index < -0.39 is 0 Å². The number of aromatic nitrogens is 1. The van der Waals surface area contributed by atoms with Crippen LogP contribution >= 0.6 is 11.6 Å². The number of halogens is 1. The minimum absolute atomic E-state index is 0.0557. The third-order valence-electron chi connectivity index (χ3n) is 6.15. The first-order valence-corrected chi connectivity index (χ1v) is 12.3. The van der Waals surface area contributed by atoms with Gasteiger partial charge in [-0.15, -0.1) is 0 Å². The van der Waals surface area contributed by atoms with Crippen LogP contribution in [0.3, 0.4) is 0 Å². The summed E-state index contributed by atoms with van der Waals surface area (Å²) in [6.45, 7) is 6.36. The minimum Gasteiger partial charge on any atom is -0.482 e. The molecule has 3 N–H and O–H groups in total. The molecule has 1 saturated carbocycles. The fourth-order valence-electron chi connectivity index (χ4n) is 4.18. The van der Waals surface area contributed by atoms with Gasteiger partial charge < -0.3 is 25.3 Å². The third-order valence-corrected chi connectivity index (χ3v) is 6.37. The summed E-state index contributed by atoms with van der Waals surface area (Å²) >= 11 is 6.11. The number of ether oxygens (including phenoxy) is 1. The van der Waals surface area contributed by atoms with Crippen molar-refractivity contribution in [1.82, 2.24) is 15.2 Å². The summed E-state index contributed by atoms with van der Waals surface area (Å²) in [5.74, 6) is 0.0441. The molecule has 0 saturated heterocycles. The molecule has 1 aliphatic carbocycles. The highest BCUT2D eigenvalue weighted by Crippen LogP contribution is 2.25. The Kier molecular flexibility index (Phi) is 10.9. The Morgan fingerprint density at radius 1 is 1.18 bits per heavy atom. The zero-order valence-electron chi connectivity index (χ0n) is 21.3. The van der Waals surface area contributed by atoms with Gasteiger partial charge in [-0.2, -0.15) is 0 Å². The number of nitrogens with zero attached hydrogens (tertiary/aromatic N) is 1. The number of rotatable bonds is 7. The van der Waals surface area contributed by atoms with Crippen LogP contribution in [0.5, 0.6) is 5.88 Å². The number of aryl methyl sites for hydroxylation is 1. The van der Waals surface area contributed by atoms with Crippen LogP contribution in [-0.4, -0.2) is 49.6 Å². The van der Waals surface area contributed by atoms with E-state index in [4.69, 9.17) is 16.3 Å². The molecule has 1 aliphatic rings. The summed E-state index contributed by atoms with van der Waals surface area (Å²) in [4.78, 5) is 30.1. The zero-order chi connectivity index (χ0) is 25.3. The zero-order valence-corrected chi connectivity index (χ0v) is 22.1. The molecule has 7 nitrogen and oxygen atoms in total. The lowest BCUT2D eigenvalue weighted by Crippen LogP contribution is -2.29. The van der Waals surface area contributed by atoms with Crippen molar-refractivity contribution in [3.8, 4) is 5.88 Å². The number of aromatic amines is 1. The number of benzene rings is 1. The number of hydrogen-bond acceptors (Lipinski definition) is 5. The van der Waals surface area contributed by atoms with Gasteiger partial charge in [-0.3, -0.25) is 9.59 Å². The van der Waals surface area contributed by atoms with Crippen LogP contribution in [-0.2, 0) is 6.54 Å². The summed E-state index contributed by atoms with van der Waals surface area (Å²) in [5.41, 5.74) is 2.95. The van der Waals surface area contributed by atoms with Crippen molar-refractivity contribution >= 4 is 23.2 Å². The van der Waals surface area contributed by atoms with E-state index in [2.05, 4.69) is 34.6 Å². The highest BCUT2D eigenvalue weighted by Gasteiger charge is 2.16. The topological polar surface area (TPSA) is 86.5 Å². The monoisotopic (exact) mass is 490 g/mol. The number of hydrogen-bond donors (Lipinski definition) is 3. The Hall–Kier alpha value is -2.51. The third kappa shape index (κ3) is 7.77. The summed E-state index contributed by atoms with van der Waals surface area (Å²) in [6.07, 6.45) is 7.20. The van der Waals surface area contributed by atoms with E-state index >= 15 is 0 Å². The van der Waals surface area contributed by atoms with Crippen molar-refractivity contribution in [2.45, 2.75) is 65.5 Å². The fraction of sp³-hybridized carbons (Fsp3) is 0.538. The smallest absolute Gasteiger partial charge is 0.251 e. The van der Waals surface area contributed by atoms with Gasteiger partial charge in [0.25, 0.3) is 5.91 Å². The summed E-state index contributed by atoms with van der Waals surface area (Å²) in [5, 5.41) is 6.41. The molecular weight excluding hydrogens is 452 g/mol. The Morgan fingerprint density at radius 3 is 2.41 bits per heavy atom. The van der Waals surface area contributed by atoms with Crippen molar-refractivity contribution in [1.29, 1.82) is 0 Å². The second-order valence-corrected chi connectivity index (χ2v) is 9.36. The molecule has 0 unspecified atom stereocenters. The van der Waals surface area contributed by atoms with Gasteiger partial charge in [0, 0.05) is 40.6 Å². The van der Waals surface area contributed by atoms with Gasteiger partial charge in [0.2, 0.25) is 0 Å². The molecule has 0 aliphatic heterocycles. The van der Waals surface area contributed by atoms with Crippen molar-refractivity contribution in [2.24, 2.45) is 0 Å². The summed E-state index contributed by atoms with van der Waals surface area (Å²) in [7, 11) is 5.85. The molecular formula is C26H39ClN4O3. The van der Waals surface area contributed by atoms with Crippen LogP contribution in [0.15, 0.2) is 23.0 Å². The first kappa shape index (κ1) is 27.7. The Bertz CT molecular complexity index is 1010. The predicted octanol–water partition coefficient (Wildman–Crippen LogP) is 4.90. The molecule has 1 heterocycles. The SMILES string of the molecule is CCNc1cc(Cl)cc(C(=O)NCc2c(OC)[nH]c(C)cc2=O)c1C.CN(C)C1CCCCC1. The lowest BCUT2D eigenvalue weighted by molar-refractivity contribution is 0.0950. The van der Waals surface area contributed by atoms with Gasteiger partial charge in [-0.1, -0.05) is 30.9 Å². The molecule has 1 fully saturated rings. The van der Waals surface area contributed by atoms with E-state index in [1.165, 1.54) is 45.3 Å². The maximum absolute atomic E-state index is 12.6. The first-order valence-electron chi connectivity index (χ1n) is 11.9. The fourth-order valence-corrected chi connectivity index (χ4v) is 4.40. The molecule has 188 valence electrons. The summed E-state index contributed by atoms with van der Waals surface area (Å²) in [6, 6.07) is 5.76. The molecule has 3 rings (SSSR count). The van der Waals surface area contributed by atoms with Crippen LogP contribution in [0, 0.1) is 13.8 Å². The van der Waals surface area contributed by atoms with Crippen LogP contribution in [0.2, 0.25) is 5.02 Å². The van der Waals surface area contributed by atoms with Crippen molar-refractivity contribution in [3.63, 3.8) is 0 Å². The molecule has 34 heavy (non-hydrogen) atoms. The van der Waals surface area contributed by atoms with Crippen molar-refractivity contribution < 1.29 is 9.53 Å². The quantitative estimate of drug-likeness (QED) is 0.514. The number of carbonyl (C=O) groups excluding carboxylic acids is 1. The van der Waals surface area contributed by atoms with Crippen molar-refractivity contribution in [3.05, 3.63) is 55.8 Å². The Morgan fingerprint density at radius 2 is 1.85 bits per heavy atom. The van der Waals surface area contributed by atoms with Gasteiger partial charge in [-0.25, -0.2) is 0 Å². The number of pyridine rings is 1. The number of carbonyl (C=O) groups is 1. The molecule has 0 atom stereocenters. The molecule has 0 bridgehead atoms. The lowest BCUT2D eigenvalue weighted by atomic mass is 9.95. The number of methoxy groups -OCH3 is 1. The van der Waals surface area contributed by atoms with E-state index in [-0.39, 0.29) is 17.9 Å². The van der Waals surface area contributed by atoms with Crippen molar-refractivity contribution in [2.75, 3.05) is 33.1 Å². The molecule has 0 spiro atoms. The average Bonchev–Trinajstić information content (AvgIpc) is 2.81. The Labute approximate surface area is 208 Å². The number of nitrogens with one attached hydrogen (secondary N) is 3. The van der Waals surface area contributed by atoms with E-state index in [0.29, 0.717) is 27.7 Å². The maximum Gasteiger partial charge on any atom is 0.251 e. The average molecular weight is 491 g/mol. The number of anilines is 1. The molecule has 2 aromatic rings. The molecule has 1 aromatic carbocycles. The number of amides is 1. The predicted molar refractivity (Wildman–Crippen MR) is 140 cm³/mol. The van der Waals surface area contributed by atoms with E-state index in [1.807, 2.05) is 13.8 Å². The molecule has 1 amide bonds. The Balaban J connectivity index is 0.000000379. The summed E-state index contributed by atoms with van der Waals surface area (Å²) < 4.78 is 5.20. The normalized spacial score (nSPS) is 13.8. The van der Waals surface area contributed by atoms with Gasteiger partial charge in [0.1, 0.15) is 0 Å².